The number of likely N-dealkylation sites (N-methyl/N-ethyl adjacent to an activating group) is 1. The van der Waals surface area contributed by atoms with E-state index in [2.05, 4.69) is 27.1 Å². The molecular formula is C18H32Cl3N5O. The largest absolute Gasteiger partial charge is 0.354 e. The smallest absolute Gasteiger partial charge is 0.240 e. The van der Waals surface area contributed by atoms with E-state index in [-0.39, 0.29) is 43.1 Å². The number of pyridine rings is 1. The zero-order valence-corrected chi connectivity index (χ0v) is 18.3. The van der Waals surface area contributed by atoms with Gasteiger partial charge in [-0.1, -0.05) is 25.3 Å². The van der Waals surface area contributed by atoms with E-state index >= 15 is 0 Å². The summed E-state index contributed by atoms with van der Waals surface area (Å²) in [5.74, 6) is 0.992. The minimum absolute atomic E-state index is 0. The number of anilines is 1. The van der Waals surface area contributed by atoms with Crippen molar-refractivity contribution in [1.29, 1.82) is 0 Å². The third-order valence-corrected chi connectivity index (χ3v) is 5.29. The van der Waals surface area contributed by atoms with E-state index in [0.717, 1.165) is 63.2 Å². The van der Waals surface area contributed by atoms with Crippen LogP contribution >= 0.6 is 37.2 Å². The second-order valence-electron chi connectivity index (χ2n) is 7.21. The number of hydrogen-bond donors (Lipinski definition) is 2. The molecule has 0 unspecified atom stereocenters. The predicted molar refractivity (Wildman–Crippen MR) is 118 cm³/mol. The number of aromatic nitrogens is 1. The molecule has 0 spiro atoms. The molecule has 6 nitrogen and oxygen atoms in total. The maximum Gasteiger partial charge on any atom is 0.240 e. The lowest BCUT2D eigenvalue weighted by molar-refractivity contribution is -0.127. The fraction of sp³-hybridized carbons (Fsp3) is 0.667. The van der Waals surface area contributed by atoms with Gasteiger partial charge >= 0.3 is 0 Å². The standard InChI is InChI=1S/C18H29N5O.3ClH/c1-22-9-11-23(12-10-22)16-6-5-15(13-20-16)14-21-17(24)18(19)7-3-2-4-8-18;;;/h5-6,13H,2-4,7-12,14,19H2,1H3,(H,21,24);3*1H. The molecule has 9 heteroatoms. The number of halogens is 3. The van der Waals surface area contributed by atoms with Gasteiger partial charge in [0.05, 0.1) is 5.54 Å². The maximum absolute atomic E-state index is 12.4. The van der Waals surface area contributed by atoms with Gasteiger partial charge in [-0.15, -0.1) is 37.2 Å². The van der Waals surface area contributed by atoms with Gasteiger partial charge in [0.2, 0.25) is 5.91 Å². The molecular weight excluding hydrogens is 409 g/mol. The molecule has 1 saturated heterocycles. The molecule has 0 radical (unpaired) electrons. The van der Waals surface area contributed by atoms with Gasteiger partial charge in [0.1, 0.15) is 5.82 Å². The minimum Gasteiger partial charge on any atom is -0.354 e. The van der Waals surface area contributed by atoms with Crippen molar-refractivity contribution >= 4 is 48.9 Å². The van der Waals surface area contributed by atoms with Gasteiger partial charge in [0.25, 0.3) is 0 Å². The van der Waals surface area contributed by atoms with Crippen molar-refractivity contribution in [3.8, 4) is 0 Å². The number of nitrogens with one attached hydrogen (secondary N) is 1. The van der Waals surface area contributed by atoms with Crippen LogP contribution in [0.1, 0.15) is 37.7 Å². The first kappa shape index (κ1) is 26.2. The summed E-state index contributed by atoms with van der Waals surface area (Å²) in [6.07, 6.45) is 6.72. The number of rotatable bonds is 4. The summed E-state index contributed by atoms with van der Waals surface area (Å²) in [7, 11) is 2.15. The molecule has 3 N–H and O–H groups in total. The third-order valence-electron chi connectivity index (χ3n) is 5.29. The third kappa shape index (κ3) is 6.95. The van der Waals surface area contributed by atoms with E-state index in [9.17, 15) is 4.79 Å². The van der Waals surface area contributed by atoms with Crippen LogP contribution in [0, 0.1) is 0 Å². The molecule has 27 heavy (non-hydrogen) atoms. The second-order valence-corrected chi connectivity index (χ2v) is 7.21. The topological polar surface area (TPSA) is 74.5 Å². The number of amides is 1. The Labute approximate surface area is 180 Å². The summed E-state index contributed by atoms with van der Waals surface area (Å²) in [5.41, 5.74) is 6.60. The molecule has 1 aliphatic carbocycles. The van der Waals surface area contributed by atoms with Gasteiger partial charge in [0.15, 0.2) is 0 Å². The number of piperazine rings is 1. The molecule has 0 bridgehead atoms. The van der Waals surface area contributed by atoms with Gasteiger partial charge in [0, 0.05) is 38.9 Å². The highest BCUT2D eigenvalue weighted by Gasteiger charge is 2.34. The molecule has 1 aromatic heterocycles. The van der Waals surface area contributed by atoms with Crippen molar-refractivity contribution in [1.82, 2.24) is 15.2 Å². The van der Waals surface area contributed by atoms with Crippen LogP contribution < -0.4 is 16.0 Å². The number of nitrogens with zero attached hydrogens (tertiary/aromatic N) is 3. The minimum atomic E-state index is -0.675. The van der Waals surface area contributed by atoms with Gasteiger partial charge < -0.3 is 20.9 Å². The summed E-state index contributed by atoms with van der Waals surface area (Å²) in [6, 6.07) is 4.09. The Morgan fingerprint density at radius 1 is 1.11 bits per heavy atom. The number of carbonyl (C=O) groups excluding carboxylic acids is 1. The van der Waals surface area contributed by atoms with Crippen molar-refractivity contribution in [2.45, 2.75) is 44.2 Å². The fourth-order valence-corrected chi connectivity index (χ4v) is 3.51. The van der Waals surface area contributed by atoms with Crippen molar-refractivity contribution in [2.75, 3.05) is 38.1 Å². The van der Waals surface area contributed by atoms with Crippen molar-refractivity contribution < 1.29 is 4.79 Å². The number of carbonyl (C=O) groups is 1. The average molecular weight is 441 g/mol. The molecule has 1 amide bonds. The van der Waals surface area contributed by atoms with Gasteiger partial charge in [-0.05, 0) is 31.5 Å². The van der Waals surface area contributed by atoms with Gasteiger partial charge in [-0.3, -0.25) is 4.79 Å². The maximum atomic E-state index is 12.4. The molecule has 1 aliphatic heterocycles. The highest BCUT2D eigenvalue weighted by atomic mass is 35.5. The van der Waals surface area contributed by atoms with Crippen molar-refractivity contribution in [3.63, 3.8) is 0 Å². The second kappa shape index (κ2) is 11.9. The monoisotopic (exact) mass is 439 g/mol. The zero-order valence-electron chi connectivity index (χ0n) is 15.9. The van der Waals surface area contributed by atoms with Crippen LogP contribution in [0.15, 0.2) is 18.3 Å². The van der Waals surface area contributed by atoms with E-state index in [4.69, 9.17) is 5.73 Å². The first-order valence-corrected chi connectivity index (χ1v) is 9.02. The molecule has 2 aliphatic rings. The van der Waals surface area contributed by atoms with Crippen LogP contribution in [0.5, 0.6) is 0 Å². The van der Waals surface area contributed by atoms with Crippen molar-refractivity contribution in [2.24, 2.45) is 5.73 Å². The van der Waals surface area contributed by atoms with E-state index in [1.165, 1.54) is 6.42 Å². The Hall–Kier alpha value is -0.790. The zero-order chi connectivity index (χ0) is 17.0. The predicted octanol–water partition coefficient (Wildman–Crippen LogP) is 2.38. The number of nitrogens with two attached hydrogens (primary N) is 1. The Balaban J connectivity index is 0.00000225. The molecule has 0 atom stereocenters. The lowest BCUT2D eigenvalue weighted by Crippen LogP contribution is -2.54. The van der Waals surface area contributed by atoms with Crippen LogP contribution in [0.2, 0.25) is 0 Å². The highest BCUT2D eigenvalue weighted by Crippen LogP contribution is 2.26. The molecule has 0 aromatic carbocycles. The van der Waals surface area contributed by atoms with E-state index in [0.29, 0.717) is 6.54 Å². The molecule has 1 saturated carbocycles. The van der Waals surface area contributed by atoms with E-state index in [1.807, 2.05) is 18.3 Å². The molecule has 1 aromatic rings. The SMILES string of the molecule is CN1CCN(c2ccc(CNC(=O)C3(N)CCCCC3)cn2)CC1.Cl.Cl.Cl. The van der Waals surface area contributed by atoms with E-state index in [1.54, 1.807) is 0 Å². The van der Waals surface area contributed by atoms with Gasteiger partial charge in [-0.2, -0.15) is 0 Å². The lowest BCUT2D eigenvalue weighted by atomic mass is 9.82. The summed E-state index contributed by atoms with van der Waals surface area (Å²) in [4.78, 5) is 21.6. The fourth-order valence-electron chi connectivity index (χ4n) is 3.51. The lowest BCUT2D eigenvalue weighted by Gasteiger charge is -2.33. The Bertz CT molecular complexity index is 559. The Morgan fingerprint density at radius 3 is 2.30 bits per heavy atom. The van der Waals surface area contributed by atoms with Crippen molar-refractivity contribution in [3.05, 3.63) is 23.9 Å². The summed E-state index contributed by atoms with van der Waals surface area (Å²) < 4.78 is 0. The van der Waals surface area contributed by atoms with E-state index < -0.39 is 5.54 Å². The van der Waals surface area contributed by atoms with Crippen LogP contribution in [0.4, 0.5) is 5.82 Å². The number of hydrogen-bond acceptors (Lipinski definition) is 5. The quantitative estimate of drug-likeness (QED) is 0.752. The van der Waals surface area contributed by atoms with Gasteiger partial charge in [-0.25, -0.2) is 4.98 Å². The summed E-state index contributed by atoms with van der Waals surface area (Å²) in [5, 5.41) is 2.99. The Morgan fingerprint density at radius 2 is 1.74 bits per heavy atom. The van der Waals surface area contributed by atoms with Crippen LogP contribution in [-0.4, -0.2) is 54.6 Å². The van der Waals surface area contributed by atoms with Crippen LogP contribution in [0.25, 0.3) is 0 Å². The van der Waals surface area contributed by atoms with Crippen LogP contribution in [-0.2, 0) is 11.3 Å². The molecule has 156 valence electrons. The molecule has 2 fully saturated rings. The summed E-state index contributed by atoms with van der Waals surface area (Å²) in [6.45, 7) is 4.65. The highest BCUT2D eigenvalue weighted by molar-refractivity contribution is 5.86. The normalized spacial score (nSPS) is 19.1. The molecule has 2 heterocycles. The average Bonchev–Trinajstić information content (AvgIpc) is 2.61. The Kier molecular flexibility index (Phi) is 11.6. The first-order valence-electron chi connectivity index (χ1n) is 9.02. The first-order chi connectivity index (χ1) is 11.6. The van der Waals surface area contributed by atoms with Crippen LogP contribution in [0.3, 0.4) is 0 Å². The molecule has 3 rings (SSSR count). The summed E-state index contributed by atoms with van der Waals surface area (Å²) >= 11 is 0.